The molecule has 0 spiro atoms. The molecule has 3 nitrogen and oxygen atoms in total. The summed E-state index contributed by atoms with van der Waals surface area (Å²) in [6, 6.07) is 14.8. The van der Waals surface area contributed by atoms with Crippen LogP contribution in [0, 0.1) is 0 Å². The Morgan fingerprint density at radius 3 is 2.67 bits per heavy atom. The lowest BCUT2D eigenvalue weighted by Gasteiger charge is -2.05. The molecule has 0 aliphatic rings. The first-order valence-electron chi connectivity index (χ1n) is 6.36. The molecule has 0 atom stereocenters. The maximum Gasteiger partial charge on any atom is 0.174 e. The van der Waals surface area contributed by atoms with Gasteiger partial charge in [-0.2, -0.15) is 0 Å². The van der Waals surface area contributed by atoms with Gasteiger partial charge in [0.1, 0.15) is 11.4 Å². The number of para-hydroxylation sites is 1. The molecular weight excluding hydrogens is 304 g/mol. The van der Waals surface area contributed by atoms with E-state index in [4.69, 9.17) is 11.6 Å². The zero-order valence-corrected chi connectivity index (χ0v) is 12.6. The fourth-order valence-electron chi connectivity index (χ4n) is 1.99. The van der Waals surface area contributed by atoms with Gasteiger partial charge in [0.25, 0.3) is 0 Å². The second kappa shape index (κ2) is 6.24. The number of carbonyl (C=O) groups is 1. The van der Waals surface area contributed by atoms with E-state index in [9.17, 15) is 4.79 Å². The van der Waals surface area contributed by atoms with Crippen molar-refractivity contribution in [1.82, 2.24) is 9.97 Å². The molecule has 0 saturated heterocycles. The van der Waals surface area contributed by atoms with Crippen molar-refractivity contribution in [3.63, 3.8) is 0 Å². The average Bonchev–Trinajstić information content (AvgIpc) is 2.53. The highest BCUT2D eigenvalue weighted by atomic mass is 35.5. The smallest absolute Gasteiger partial charge is 0.174 e. The molecule has 2 aromatic carbocycles. The minimum absolute atomic E-state index is 0.00621. The number of rotatable bonds is 4. The third-order valence-electron chi connectivity index (χ3n) is 3.02. The first-order chi connectivity index (χ1) is 10.3. The number of fused-ring (bicyclic) bond motifs is 1. The van der Waals surface area contributed by atoms with Gasteiger partial charge < -0.3 is 0 Å². The molecule has 3 rings (SSSR count). The van der Waals surface area contributed by atoms with Gasteiger partial charge >= 0.3 is 0 Å². The molecule has 0 aliphatic heterocycles. The van der Waals surface area contributed by atoms with Crippen molar-refractivity contribution in [2.24, 2.45) is 0 Å². The van der Waals surface area contributed by atoms with Gasteiger partial charge in [-0.05, 0) is 18.2 Å². The topological polar surface area (TPSA) is 42.9 Å². The first-order valence-corrected chi connectivity index (χ1v) is 7.72. The van der Waals surface area contributed by atoms with Crippen LogP contribution in [0.5, 0.6) is 0 Å². The molecule has 0 saturated carbocycles. The van der Waals surface area contributed by atoms with Gasteiger partial charge in [-0.25, -0.2) is 9.97 Å². The summed E-state index contributed by atoms with van der Waals surface area (Å²) >= 11 is 7.44. The second-order valence-corrected chi connectivity index (χ2v) is 5.76. The predicted molar refractivity (Wildman–Crippen MR) is 86.0 cm³/mol. The van der Waals surface area contributed by atoms with Gasteiger partial charge in [0.05, 0.1) is 16.3 Å². The van der Waals surface area contributed by atoms with Crippen LogP contribution < -0.4 is 0 Å². The zero-order valence-electron chi connectivity index (χ0n) is 11.0. The van der Waals surface area contributed by atoms with Crippen LogP contribution in [-0.4, -0.2) is 21.5 Å². The van der Waals surface area contributed by atoms with Crippen molar-refractivity contribution in [3.8, 4) is 0 Å². The van der Waals surface area contributed by atoms with Crippen LogP contribution in [0.25, 0.3) is 10.9 Å². The summed E-state index contributed by atoms with van der Waals surface area (Å²) in [4.78, 5) is 20.7. The predicted octanol–water partition coefficient (Wildman–Crippen LogP) is 4.26. The summed E-state index contributed by atoms with van der Waals surface area (Å²) in [6.45, 7) is 0. The number of hydrogen-bond donors (Lipinski definition) is 0. The van der Waals surface area contributed by atoms with Crippen LogP contribution in [0.15, 0.2) is 59.9 Å². The monoisotopic (exact) mass is 314 g/mol. The van der Waals surface area contributed by atoms with Gasteiger partial charge in [0.15, 0.2) is 5.78 Å². The van der Waals surface area contributed by atoms with Gasteiger partial charge in [-0.15, -0.1) is 0 Å². The molecule has 1 heterocycles. The standard InChI is InChI=1S/C16H11ClN2OS/c17-13-7-3-1-5-11(13)15(20)9-21-16-12-6-2-4-8-14(12)18-10-19-16/h1-8,10H,9H2. The van der Waals surface area contributed by atoms with Crippen molar-refractivity contribution in [2.75, 3.05) is 5.75 Å². The third-order valence-corrected chi connectivity index (χ3v) is 4.36. The number of benzene rings is 2. The number of Topliss-reactive ketones (excluding diaryl/α,β-unsaturated/α-hetero) is 1. The van der Waals surface area contributed by atoms with Crippen LogP contribution in [0.3, 0.4) is 0 Å². The van der Waals surface area contributed by atoms with Gasteiger partial charge in [0.2, 0.25) is 0 Å². The van der Waals surface area contributed by atoms with Crippen LogP contribution >= 0.6 is 23.4 Å². The number of halogens is 1. The van der Waals surface area contributed by atoms with E-state index in [1.54, 1.807) is 12.1 Å². The van der Waals surface area contributed by atoms with E-state index in [0.29, 0.717) is 16.3 Å². The summed E-state index contributed by atoms with van der Waals surface area (Å²) in [6.07, 6.45) is 1.52. The van der Waals surface area contributed by atoms with E-state index in [1.165, 1.54) is 18.1 Å². The summed E-state index contributed by atoms with van der Waals surface area (Å²) in [5.74, 6) is 0.290. The Balaban J connectivity index is 1.81. The molecule has 3 aromatic rings. The van der Waals surface area contributed by atoms with Gasteiger partial charge in [-0.1, -0.05) is 53.7 Å². The normalized spacial score (nSPS) is 10.7. The quantitative estimate of drug-likeness (QED) is 0.410. The van der Waals surface area contributed by atoms with E-state index in [-0.39, 0.29) is 5.78 Å². The third kappa shape index (κ3) is 3.06. The van der Waals surface area contributed by atoms with Crippen molar-refractivity contribution < 1.29 is 4.79 Å². The first kappa shape index (κ1) is 14.0. The molecule has 0 amide bonds. The average molecular weight is 315 g/mol. The summed E-state index contributed by atoms with van der Waals surface area (Å²) in [5, 5.41) is 2.24. The minimum atomic E-state index is -0.00621. The Morgan fingerprint density at radius 1 is 1.05 bits per heavy atom. The molecular formula is C16H11ClN2OS. The fourth-order valence-corrected chi connectivity index (χ4v) is 3.11. The largest absolute Gasteiger partial charge is 0.293 e. The second-order valence-electron chi connectivity index (χ2n) is 4.39. The highest BCUT2D eigenvalue weighted by Crippen LogP contribution is 2.26. The Labute approximate surface area is 131 Å². The summed E-state index contributed by atoms with van der Waals surface area (Å²) in [5.41, 5.74) is 1.42. The maximum atomic E-state index is 12.2. The lowest BCUT2D eigenvalue weighted by atomic mass is 10.1. The number of carbonyl (C=O) groups excluding carboxylic acids is 1. The molecule has 0 radical (unpaired) electrons. The van der Waals surface area contributed by atoms with Crippen molar-refractivity contribution >= 4 is 40.0 Å². The highest BCUT2D eigenvalue weighted by molar-refractivity contribution is 8.00. The van der Waals surface area contributed by atoms with Gasteiger partial charge in [-0.3, -0.25) is 4.79 Å². The molecule has 104 valence electrons. The van der Waals surface area contributed by atoms with Gasteiger partial charge in [0, 0.05) is 10.9 Å². The van der Waals surface area contributed by atoms with Crippen LogP contribution in [-0.2, 0) is 0 Å². The summed E-state index contributed by atoms with van der Waals surface area (Å²) < 4.78 is 0. The lowest BCUT2D eigenvalue weighted by Crippen LogP contribution is -2.03. The lowest BCUT2D eigenvalue weighted by molar-refractivity contribution is 0.102. The maximum absolute atomic E-state index is 12.2. The molecule has 21 heavy (non-hydrogen) atoms. The van der Waals surface area contributed by atoms with E-state index >= 15 is 0 Å². The fraction of sp³-hybridized carbons (Fsp3) is 0.0625. The van der Waals surface area contributed by atoms with E-state index in [0.717, 1.165) is 15.9 Å². The molecule has 0 bridgehead atoms. The zero-order chi connectivity index (χ0) is 14.7. The van der Waals surface area contributed by atoms with E-state index in [2.05, 4.69) is 9.97 Å². The number of hydrogen-bond acceptors (Lipinski definition) is 4. The molecule has 0 unspecified atom stereocenters. The number of thioether (sulfide) groups is 1. The van der Waals surface area contributed by atoms with E-state index < -0.39 is 0 Å². The van der Waals surface area contributed by atoms with Crippen LogP contribution in [0.1, 0.15) is 10.4 Å². The minimum Gasteiger partial charge on any atom is -0.293 e. The molecule has 0 fully saturated rings. The van der Waals surface area contributed by atoms with Crippen molar-refractivity contribution in [1.29, 1.82) is 0 Å². The van der Waals surface area contributed by atoms with E-state index in [1.807, 2.05) is 36.4 Å². The SMILES string of the molecule is O=C(CSc1ncnc2ccccc12)c1ccccc1Cl. The molecule has 1 aromatic heterocycles. The Hall–Kier alpha value is -1.91. The highest BCUT2D eigenvalue weighted by Gasteiger charge is 2.12. The van der Waals surface area contributed by atoms with Crippen molar-refractivity contribution in [2.45, 2.75) is 5.03 Å². The van der Waals surface area contributed by atoms with Crippen LogP contribution in [0.4, 0.5) is 0 Å². The molecule has 5 heteroatoms. The number of aromatic nitrogens is 2. The van der Waals surface area contributed by atoms with Crippen molar-refractivity contribution in [3.05, 3.63) is 65.4 Å². The summed E-state index contributed by atoms with van der Waals surface area (Å²) in [7, 11) is 0. The number of nitrogens with zero attached hydrogens (tertiary/aromatic N) is 2. The Bertz CT molecular complexity index is 802. The Morgan fingerprint density at radius 2 is 1.81 bits per heavy atom. The van der Waals surface area contributed by atoms with Crippen LogP contribution in [0.2, 0.25) is 5.02 Å². The molecule has 0 aliphatic carbocycles. The number of ketones is 1. The molecule has 0 N–H and O–H groups in total. The Kier molecular flexibility index (Phi) is 4.18.